The number of halogens is 2. The highest BCUT2D eigenvalue weighted by Crippen LogP contribution is 2.41. The van der Waals surface area contributed by atoms with Crippen LogP contribution in [0.2, 0.25) is 0 Å². The molecule has 2 heterocycles. The van der Waals surface area contributed by atoms with Gasteiger partial charge in [-0.15, -0.1) is 0 Å². The number of aromatic nitrogens is 3. The second-order valence-electron chi connectivity index (χ2n) is 7.14. The summed E-state index contributed by atoms with van der Waals surface area (Å²) < 4.78 is 26.0. The average molecular weight is 384 g/mol. The van der Waals surface area contributed by atoms with Crippen LogP contribution in [0.5, 0.6) is 0 Å². The van der Waals surface area contributed by atoms with Gasteiger partial charge in [-0.25, -0.2) is 8.78 Å². The number of hydrogen-bond donors (Lipinski definition) is 2. The largest absolute Gasteiger partial charge is 0.339 e. The van der Waals surface area contributed by atoms with Gasteiger partial charge in [-0.2, -0.15) is 5.10 Å². The number of Topliss-reactive ketones (excluding diaryl/α,β-unsaturated/α-hetero) is 1. The first-order valence-electron chi connectivity index (χ1n) is 8.94. The van der Waals surface area contributed by atoms with E-state index in [0.29, 0.717) is 5.56 Å². The number of amides is 1. The molecule has 0 radical (unpaired) electrons. The molecule has 8 heteroatoms. The van der Waals surface area contributed by atoms with Gasteiger partial charge >= 0.3 is 0 Å². The SMILES string of the molecule is O=C(Cc1ccnc(C(=O)NC2(C(F)F)CC2)c1)Cc1ccc2cn[nH]c2c1. The van der Waals surface area contributed by atoms with E-state index in [1.807, 2.05) is 18.2 Å². The maximum absolute atomic E-state index is 13.0. The monoisotopic (exact) mass is 384 g/mol. The summed E-state index contributed by atoms with van der Waals surface area (Å²) in [5.41, 5.74) is 0.962. The third-order valence-corrected chi connectivity index (χ3v) is 4.93. The van der Waals surface area contributed by atoms with Crippen LogP contribution < -0.4 is 5.32 Å². The van der Waals surface area contributed by atoms with Crippen molar-refractivity contribution in [1.82, 2.24) is 20.5 Å². The van der Waals surface area contributed by atoms with Crippen LogP contribution >= 0.6 is 0 Å². The fraction of sp³-hybridized carbons (Fsp3) is 0.300. The molecule has 1 aromatic carbocycles. The summed E-state index contributed by atoms with van der Waals surface area (Å²) in [5, 5.41) is 10.2. The van der Waals surface area contributed by atoms with Crippen molar-refractivity contribution in [2.75, 3.05) is 0 Å². The molecule has 4 rings (SSSR count). The predicted octanol–water partition coefficient (Wildman–Crippen LogP) is 2.84. The van der Waals surface area contributed by atoms with Crippen LogP contribution in [0.15, 0.2) is 42.7 Å². The molecule has 1 fully saturated rings. The van der Waals surface area contributed by atoms with Crippen LogP contribution in [0, 0.1) is 0 Å². The Kier molecular flexibility index (Phi) is 4.62. The number of carbonyl (C=O) groups is 2. The molecule has 1 aliphatic carbocycles. The quantitative estimate of drug-likeness (QED) is 0.656. The van der Waals surface area contributed by atoms with Crippen LogP contribution in [-0.4, -0.2) is 38.8 Å². The standard InChI is InChI=1S/C20H18F2N4O2/c21-19(22)20(4-5-20)25-18(28)17-10-13(3-6-23-17)8-15(27)7-12-1-2-14-11-24-26-16(14)9-12/h1-3,6,9-11,19H,4-5,7-8H2,(H,24,26)(H,25,28). The predicted molar refractivity (Wildman–Crippen MR) is 98.2 cm³/mol. The second-order valence-corrected chi connectivity index (χ2v) is 7.14. The zero-order valence-corrected chi connectivity index (χ0v) is 14.9. The van der Waals surface area contributed by atoms with Crippen molar-refractivity contribution in [2.45, 2.75) is 37.6 Å². The summed E-state index contributed by atoms with van der Waals surface area (Å²) >= 11 is 0. The van der Waals surface area contributed by atoms with Gasteiger partial charge < -0.3 is 5.32 Å². The van der Waals surface area contributed by atoms with Crippen LogP contribution in [0.1, 0.15) is 34.5 Å². The van der Waals surface area contributed by atoms with Crippen LogP contribution in [0.25, 0.3) is 10.9 Å². The van der Waals surface area contributed by atoms with E-state index in [9.17, 15) is 18.4 Å². The van der Waals surface area contributed by atoms with Gasteiger partial charge in [0, 0.05) is 24.4 Å². The van der Waals surface area contributed by atoms with Gasteiger partial charge in [0.05, 0.1) is 11.7 Å². The number of nitrogens with zero attached hydrogens (tertiary/aromatic N) is 2. The number of rotatable bonds is 7. The van der Waals surface area contributed by atoms with Crippen molar-refractivity contribution in [3.63, 3.8) is 0 Å². The lowest BCUT2D eigenvalue weighted by Crippen LogP contribution is -2.42. The van der Waals surface area contributed by atoms with Gasteiger partial charge in [0.2, 0.25) is 0 Å². The average Bonchev–Trinajstić information content (AvgIpc) is 3.30. The number of carbonyl (C=O) groups excluding carboxylic acids is 2. The Balaban J connectivity index is 1.41. The minimum atomic E-state index is -2.60. The molecular weight excluding hydrogens is 366 g/mol. The van der Waals surface area contributed by atoms with Gasteiger partial charge in [0.25, 0.3) is 12.3 Å². The van der Waals surface area contributed by atoms with Gasteiger partial charge in [0.15, 0.2) is 0 Å². The number of benzene rings is 1. The molecule has 2 aromatic heterocycles. The lowest BCUT2D eigenvalue weighted by atomic mass is 10.0. The molecule has 3 aromatic rings. The molecule has 6 nitrogen and oxygen atoms in total. The Morgan fingerprint density at radius 3 is 2.61 bits per heavy atom. The third-order valence-electron chi connectivity index (χ3n) is 4.93. The Labute approximate surface area is 159 Å². The fourth-order valence-electron chi connectivity index (χ4n) is 3.14. The van der Waals surface area contributed by atoms with Crippen molar-refractivity contribution in [2.24, 2.45) is 0 Å². The van der Waals surface area contributed by atoms with Gasteiger partial charge in [-0.3, -0.25) is 19.7 Å². The summed E-state index contributed by atoms with van der Waals surface area (Å²) in [7, 11) is 0. The van der Waals surface area contributed by atoms with Crippen molar-refractivity contribution in [3.8, 4) is 0 Å². The summed E-state index contributed by atoms with van der Waals surface area (Å²) in [6.07, 6.45) is 1.41. The van der Waals surface area contributed by atoms with E-state index < -0.39 is 17.9 Å². The third kappa shape index (κ3) is 3.76. The Hall–Kier alpha value is -3.16. The molecule has 0 spiro atoms. The van der Waals surface area contributed by atoms with Gasteiger partial charge in [-0.1, -0.05) is 12.1 Å². The molecule has 28 heavy (non-hydrogen) atoms. The Bertz CT molecular complexity index is 1040. The van der Waals surface area contributed by atoms with E-state index in [0.717, 1.165) is 16.5 Å². The van der Waals surface area contributed by atoms with Crippen molar-refractivity contribution < 1.29 is 18.4 Å². The minimum Gasteiger partial charge on any atom is -0.339 e. The van der Waals surface area contributed by atoms with E-state index in [2.05, 4.69) is 20.5 Å². The highest BCUT2D eigenvalue weighted by Gasteiger charge is 2.52. The van der Waals surface area contributed by atoms with E-state index in [4.69, 9.17) is 0 Å². The number of nitrogens with one attached hydrogen (secondary N) is 2. The molecule has 1 saturated carbocycles. The van der Waals surface area contributed by atoms with Crippen LogP contribution in [0.4, 0.5) is 8.78 Å². The summed E-state index contributed by atoms with van der Waals surface area (Å²) in [6, 6.07) is 8.78. The van der Waals surface area contributed by atoms with E-state index in [1.54, 1.807) is 12.3 Å². The van der Waals surface area contributed by atoms with Crippen LogP contribution in [-0.2, 0) is 17.6 Å². The van der Waals surface area contributed by atoms with E-state index in [-0.39, 0.29) is 37.2 Å². The zero-order chi connectivity index (χ0) is 19.7. The molecule has 0 unspecified atom stereocenters. The number of pyridine rings is 1. The molecule has 0 saturated heterocycles. The number of hydrogen-bond acceptors (Lipinski definition) is 4. The number of fused-ring (bicyclic) bond motifs is 1. The maximum atomic E-state index is 13.0. The minimum absolute atomic E-state index is 0.0253. The number of ketones is 1. The fourth-order valence-corrected chi connectivity index (χ4v) is 3.14. The van der Waals surface area contributed by atoms with Crippen molar-refractivity contribution >= 4 is 22.6 Å². The number of H-pyrrole nitrogens is 1. The van der Waals surface area contributed by atoms with E-state index in [1.165, 1.54) is 12.3 Å². The molecule has 144 valence electrons. The number of alkyl halides is 2. The first-order valence-corrected chi connectivity index (χ1v) is 8.94. The van der Waals surface area contributed by atoms with Gasteiger partial charge in [-0.05, 0) is 42.2 Å². The number of aromatic amines is 1. The summed E-state index contributed by atoms with van der Waals surface area (Å²) in [4.78, 5) is 28.6. The summed E-state index contributed by atoms with van der Waals surface area (Å²) in [5.74, 6) is -0.667. The molecule has 0 atom stereocenters. The molecule has 1 amide bonds. The highest BCUT2D eigenvalue weighted by atomic mass is 19.3. The Morgan fingerprint density at radius 1 is 1.14 bits per heavy atom. The topological polar surface area (TPSA) is 87.7 Å². The van der Waals surface area contributed by atoms with Gasteiger partial charge in [0.1, 0.15) is 17.0 Å². The first kappa shape index (κ1) is 18.2. The summed E-state index contributed by atoms with van der Waals surface area (Å²) in [6.45, 7) is 0. The highest BCUT2D eigenvalue weighted by molar-refractivity contribution is 5.93. The normalized spacial score (nSPS) is 15.0. The van der Waals surface area contributed by atoms with Crippen LogP contribution in [0.3, 0.4) is 0 Å². The van der Waals surface area contributed by atoms with E-state index >= 15 is 0 Å². The lowest BCUT2D eigenvalue weighted by Gasteiger charge is -2.16. The molecule has 0 aliphatic heterocycles. The molecule has 0 bridgehead atoms. The maximum Gasteiger partial charge on any atom is 0.270 e. The smallest absolute Gasteiger partial charge is 0.270 e. The Morgan fingerprint density at radius 2 is 1.89 bits per heavy atom. The molecular formula is C20H18F2N4O2. The molecule has 2 N–H and O–H groups in total. The lowest BCUT2D eigenvalue weighted by molar-refractivity contribution is -0.117. The van der Waals surface area contributed by atoms with Crippen molar-refractivity contribution in [1.29, 1.82) is 0 Å². The van der Waals surface area contributed by atoms with Crippen molar-refractivity contribution in [3.05, 3.63) is 59.5 Å². The zero-order valence-electron chi connectivity index (χ0n) is 14.9. The second kappa shape index (κ2) is 7.10. The molecule has 1 aliphatic rings. The first-order chi connectivity index (χ1) is 13.4.